The molecule has 4 rings (SSSR count). The standard InChI is InChI=1S/C25H26N4O6S/c1-15(2)34-20-11-17(23(32)28-25-26-18(14-36-25)13-22(30)31)12-21(27-20)35-19-7-5-16(6-8-19)24(33)29-9-3-4-10-29/h5-8,11-12,14-15H,3-4,9-10,13H2,1-2H3,(H,30,31)(H,26,28,32). The third-order valence-electron chi connectivity index (χ3n) is 5.22. The van der Waals surface area contributed by atoms with Crippen LogP contribution >= 0.6 is 11.3 Å². The zero-order valence-corrected chi connectivity index (χ0v) is 20.7. The van der Waals surface area contributed by atoms with Crippen molar-refractivity contribution in [3.63, 3.8) is 0 Å². The zero-order chi connectivity index (χ0) is 25.7. The molecule has 0 saturated carbocycles. The van der Waals surface area contributed by atoms with Gasteiger partial charge < -0.3 is 19.5 Å². The fourth-order valence-corrected chi connectivity index (χ4v) is 4.33. The molecular weight excluding hydrogens is 484 g/mol. The topological polar surface area (TPSA) is 131 Å². The van der Waals surface area contributed by atoms with Gasteiger partial charge in [0.2, 0.25) is 11.8 Å². The van der Waals surface area contributed by atoms with Gasteiger partial charge in [-0.25, -0.2) is 4.98 Å². The van der Waals surface area contributed by atoms with Crippen molar-refractivity contribution >= 4 is 34.3 Å². The van der Waals surface area contributed by atoms with E-state index in [1.54, 1.807) is 29.6 Å². The maximum absolute atomic E-state index is 12.9. The third kappa shape index (κ3) is 6.57. The Morgan fingerprint density at radius 2 is 1.75 bits per heavy atom. The van der Waals surface area contributed by atoms with E-state index in [-0.39, 0.29) is 40.9 Å². The highest BCUT2D eigenvalue weighted by molar-refractivity contribution is 7.14. The largest absolute Gasteiger partial charge is 0.481 e. The van der Waals surface area contributed by atoms with Crippen LogP contribution in [0.2, 0.25) is 0 Å². The summed E-state index contributed by atoms with van der Waals surface area (Å²) in [6, 6.07) is 9.73. The van der Waals surface area contributed by atoms with E-state index < -0.39 is 11.9 Å². The van der Waals surface area contributed by atoms with Gasteiger partial charge in [0.1, 0.15) is 5.75 Å². The van der Waals surface area contributed by atoms with Crippen molar-refractivity contribution in [3.05, 3.63) is 58.6 Å². The monoisotopic (exact) mass is 510 g/mol. The summed E-state index contributed by atoms with van der Waals surface area (Å²) in [5, 5.41) is 13.4. The lowest BCUT2D eigenvalue weighted by Gasteiger charge is -2.15. The number of thiazole rings is 1. The van der Waals surface area contributed by atoms with Gasteiger partial charge in [0, 0.05) is 36.2 Å². The number of carboxylic acid groups (broad SMARTS) is 1. The summed E-state index contributed by atoms with van der Waals surface area (Å²) in [6.07, 6.45) is 1.64. The van der Waals surface area contributed by atoms with Gasteiger partial charge in [-0.3, -0.25) is 19.7 Å². The number of aliphatic carboxylic acids is 1. The van der Waals surface area contributed by atoms with Crippen molar-refractivity contribution < 1.29 is 29.0 Å². The van der Waals surface area contributed by atoms with Crippen molar-refractivity contribution in [3.8, 4) is 17.5 Å². The molecule has 1 saturated heterocycles. The lowest BCUT2D eigenvalue weighted by molar-refractivity contribution is -0.136. The number of benzene rings is 1. The Balaban J connectivity index is 1.50. The fourth-order valence-electron chi connectivity index (χ4n) is 3.63. The molecule has 0 atom stereocenters. The molecule has 11 heteroatoms. The number of carbonyl (C=O) groups is 3. The fraction of sp³-hybridized carbons (Fsp3) is 0.320. The normalized spacial score (nSPS) is 13.0. The number of carboxylic acids is 1. The van der Waals surface area contributed by atoms with E-state index in [2.05, 4.69) is 15.3 Å². The first kappa shape index (κ1) is 25.1. The number of rotatable bonds is 9. The summed E-state index contributed by atoms with van der Waals surface area (Å²) >= 11 is 1.13. The second-order valence-corrected chi connectivity index (χ2v) is 9.35. The summed E-state index contributed by atoms with van der Waals surface area (Å²) in [7, 11) is 0. The number of ether oxygens (including phenoxy) is 2. The van der Waals surface area contributed by atoms with Crippen molar-refractivity contribution in [2.75, 3.05) is 18.4 Å². The highest BCUT2D eigenvalue weighted by Crippen LogP contribution is 2.26. The van der Waals surface area contributed by atoms with Crippen LogP contribution in [0.15, 0.2) is 41.8 Å². The molecule has 1 aromatic carbocycles. The molecule has 0 unspecified atom stereocenters. The van der Waals surface area contributed by atoms with E-state index in [1.165, 1.54) is 12.1 Å². The maximum atomic E-state index is 12.9. The molecule has 0 aliphatic carbocycles. The first-order valence-corrected chi connectivity index (χ1v) is 12.4. The molecule has 0 bridgehead atoms. The van der Waals surface area contributed by atoms with Gasteiger partial charge in [0.25, 0.3) is 11.8 Å². The molecule has 1 aliphatic heterocycles. The molecule has 36 heavy (non-hydrogen) atoms. The lowest BCUT2D eigenvalue weighted by atomic mass is 10.2. The number of nitrogens with zero attached hydrogens (tertiary/aromatic N) is 3. The number of hydrogen-bond acceptors (Lipinski definition) is 8. The highest BCUT2D eigenvalue weighted by atomic mass is 32.1. The van der Waals surface area contributed by atoms with Gasteiger partial charge in [0.05, 0.1) is 23.8 Å². The number of amides is 2. The number of pyridine rings is 1. The molecule has 0 spiro atoms. The number of likely N-dealkylation sites (tertiary alicyclic amines) is 1. The molecule has 10 nitrogen and oxygen atoms in total. The van der Waals surface area contributed by atoms with E-state index >= 15 is 0 Å². The lowest BCUT2D eigenvalue weighted by Crippen LogP contribution is -2.27. The Morgan fingerprint density at radius 3 is 2.42 bits per heavy atom. The minimum Gasteiger partial charge on any atom is -0.481 e. The molecule has 0 radical (unpaired) electrons. The van der Waals surface area contributed by atoms with Crippen LogP contribution in [0.25, 0.3) is 0 Å². The summed E-state index contributed by atoms with van der Waals surface area (Å²) in [5.74, 6) is -0.678. The Labute approximate surface area is 211 Å². The van der Waals surface area contributed by atoms with Crippen LogP contribution in [0.3, 0.4) is 0 Å². The predicted octanol–water partition coefficient (Wildman–Crippen LogP) is 4.23. The Kier molecular flexibility index (Phi) is 7.79. The van der Waals surface area contributed by atoms with Gasteiger partial charge in [-0.05, 0) is 51.0 Å². The molecule has 2 aromatic heterocycles. The van der Waals surface area contributed by atoms with E-state index in [1.807, 2.05) is 18.7 Å². The Hall–Kier alpha value is -3.99. The minimum atomic E-state index is -1.00. The second-order valence-electron chi connectivity index (χ2n) is 8.49. The highest BCUT2D eigenvalue weighted by Gasteiger charge is 2.20. The maximum Gasteiger partial charge on any atom is 0.309 e. The van der Waals surface area contributed by atoms with E-state index in [0.29, 0.717) is 17.0 Å². The first-order valence-electron chi connectivity index (χ1n) is 11.5. The van der Waals surface area contributed by atoms with E-state index in [0.717, 1.165) is 37.3 Å². The Bertz CT molecular complexity index is 1250. The molecule has 3 heterocycles. The number of aromatic nitrogens is 2. The van der Waals surface area contributed by atoms with Gasteiger partial charge in [-0.1, -0.05) is 0 Å². The van der Waals surface area contributed by atoms with Gasteiger partial charge >= 0.3 is 5.97 Å². The molecule has 188 valence electrons. The predicted molar refractivity (Wildman–Crippen MR) is 133 cm³/mol. The third-order valence-corrected chi connectivity index (χ3v) is 6.03. The van der Waals surface area contributed by atoms with Crippen molar-refractivity contribution in [1.82, 2.24) is 14.9 Å². The van der Waals surface area contributed by atoms with Crippen LogP contribution < -0.4 is 14.8 Å². The van der Waals surface area contributed by atoms with Gasteiger partial charge in [-0.2, -0.15) is 4.98 Å². The van der Waals surface area contributed by atoms with Crippen LogP contribution in [0.4, 0.5) is 5.13 Å². The quantitative estimate of drug-likeness (QED) is 0.437. The average molecular weight is 511 g/mol. The SMILES string of the molecule is CC(C)Oc1cc(C(=O)Nc2nc(CC(=O)O)cs2)cc(Oc2ccc(C(=O)N3CCCC3)cc2)n1. The molecule has 1 fully saturated rings. The zero-order valence-electron chi connectivity index (χ0n) is 19.9. The van der Waals surface area contributed by atoms with Crippen LogP contribution in [0.5, 0.6) is 17.5 Å². The summed E-state index contributed by atoms with van der Waals surface area (Å²) < 4.78 is 11.6. The van der Waals surface area contributed by atoms with Crippen LogP contribution in [-0.4, -0.2) is 57.0 Å². The van der Waals surface area contributed by atoms with Gasteiger partial charge in [-0.15, -0.1) is 11.3 Å². The number of hydrogen-bond donors (Lipinski definition) is 2. The van der Waals surface area contributed by atoms with Crippen LogP contribution in [-0.2, 0) is 11.2 Å². The first-order chi connectivity index (χ1) is 17.3. The van der Waals surface area contributed by atoms with Crippen molar-refractivity contribution in [2.24, 2.45) is 0 Å². The molecule has 3 aromatic rings. The van der Waals surface area contributed by atoms with Crippen molar-refractivity contribution in [1.29, 1.82) is 0 Å². The van der Waals surface area contributed by atoms with E-state index in [4.69, 9.17) is 14.6 Å². The number of carbonyl (C=O) groups excluding carboxylic acids is 2. The summed E-state index contributed by atoms with van der Waals surface area (Å²) in [4.78, 5) is 46.6. The average Bonchev–Trinajstić information content (AvgIpc) is 3.51. The number of nitrogens with one attached hydrogen (secondary N) is 1. The number of anilines is 1. The minimum absolute atomic E-state index is 0.00263. The Morgan fingerprint density at radius 1 is 1.06 bits per heavy atom. The molecule has 2 amide bonds. The molecular formula is C25H26N4O6S. The van der Waals surface area contributed by atoms with Crippen molar-refractivity contribution in [2.45, 2.75) is 39.2 Å². The summed E-state index contributed by atoms with van der Waals surface area (Å²) in [5.41, 5.74) is 1.17. The summed E-state index contributed by atoms with van der Waals surface area (Å²) in [6.45, 7) is 5.22. The molecule has 2 N–H and O–H groups in total. The van der Waals surface area contributed by atoms with Crippen LogP contribution in [0.1, 0.15) is 53.1 Å². The van der Waals surface area contributed by atoms with E-state index in [9.17, 15) is 14.4 Å². The van der Waals surface area contributed by atoms with Gasteiger partial charge in [0.15, 0.2) is 5.13 Å². The smallest absolute Gasteiger partial charge is 0.309 e. The molecule has 1 aliphatic rings. The second kappa shape index (κ2) is 11.2. The van der Waals surface area contributed by atoms with Crippen LogP contribution in [0, 0.1) is 0 Å².